The lowest BCUT2D eigenvalue weighted by Gasteiger charge is -2.08. The summed E-state index contributed by atoms with van der Waals surface area (Å²) in [6.45, 7) is 3.82. The molecule has 2 rings (SSSR count). The fourth-order valence-electron chi connectivity index (χ4n) is 2.11. The topological polar surface area (TPSA) is 26.3 Å². The zero-order chi connectivity index (χ0) is 14.7. The Balaban J connectivity index is 2.21. The van der Waals surface area contributed by atoms with E-state index in [1.807, 2.05) is 50.2 Å². The molecule has 0 aromatic heterocycles. The molecule has 0 amide bonds. The number of hydrogen-bond acceptors (Lipinski definition) is 2. The van der Waals surface area contributed by atoms with Crippen molar-refractivity contribution in [1.29, 1.82) is 0 Å². The van der Waals surface area contributed by atoms with Gasteiger partial charge in [0, 0.05) is 17.0 Å². The maximum atomic E-state index is 12.4. The van der Waals surface area contributed by atoms with Crippen molar-refractivity contribution in [2.45, 2.75) is 20.3 Å². The Morgan fingerprint density at radius 3 is 2.35 bits per heavy atom. The molecule has 0 heterocycles. The number of methoxy groups -OCH3 is 1. The third-order valence-electron chi connectivity index (χ3n) is 3.33. The Bertz CT molecular complexity index is 630. The second-order valence-electron chi connectivity index (χ2n) is 4.86. The summed E-state index contributed by atoms with van der Waals surface area (Å²) in [6, 6.07) is 11.3. The van der Waals surface area contributed by atoms with E-state index in [0.717, 1.165) is 28.0 Å². The van der Waals surface area contributed by atoms with Crippen LogP contribution >= 0.6 is 11.6 Å². The Morgan fingerprint density at radius 1 is 1.10 bits per heavy atom. The highest BCUT2D eigenvalue weighted by Gasteiger charge is 2.12. The van der Waals surface area contributed by atoms with E-state index in [1.54, 1.807) is 7.11 Å². The normalized spacial score (nSPS) is 10.4. The maximum absolute atomic E-state index is 12.4. The van der Waals surface area contributed by atoms with Crippen LogP contribution in [-0.4, -0.2) is 12.9 Å². The lowest BCUT2D eigenvalue weighted by molar-refractivity contribution is 0.0992. The predicted molar refractivity (Wildman–Crippen MR) is 82.0 cm³/mol. The van der Waals surface area contributed by atoms with Crippen LogP contribution in [0.15, 0.2) is 36.4 Å². The molecule has 20 heavy (non-hydrogen) atoms. The molecule has 0 atom stereocenters. The van der Waals surface area contributed by atoms with Gasteiger partial charge < -0.3 is 4.74 Å². The zero-order valence-electron chi connectivity index (χ0n) is 11.9. The molecule has 0 aliphatic rings. The Hall–Kier alpha value is -1.80. The van der Waals surface area contributed by atoms with Crippen molar-refractivity contribution in [3.8, 4) is 5.75 Å². The molecule has 0 saturated heterocycles. The number of halogens is 1. The second-order valence-corrected chi connectivity index (χ2v) is 5.27. The minimum Gasteiger partial charge on any atom is -0.497 e. The van der Waals surface area contributed by atoms with Gasteiger partial charge in [-0.25, -0.2) is 0 Å². The zero-order valence-corrected chi connectivity index (χ0v) is 12.6. The summed E-state index contributed by atoms with van der Waals surface area (Å²) in [5, 5.41) is 0.698. The van der Waals surface area contributed by atoms with Gasteiger partial charge >= 0.3 is 0 Å². The van der Waals surface area contributed by atoms with E-state index >= 15 is 0 Å². The summed E-state index contributed by atoms with van der Waals surface area (Å²) in [6.07, 6.45) is 0.381. The quantitative estimate of drug-likeness (QED) is 0.780. The summed E-state index contributed by atoms with van der Waals surface area (Å²) in [5.74, 6) is 0.896. The van der Waals surface area contributed by atoms with E-state index in [2.05, 4.69) is 0 Å². The number of hydrogen-bond donors (Lipinski definition) is 0. The molecule has 104 valence electrons. The van der Waals surface area contributed by atoms with Gasteiger partial charge in [0.25, 0.3) is 0 Å². The monoisotopic (exact) mass is 288 g/mol. The average Bonchev–Trinajstić information content (AvgIpc) is 2.43. The Morgan fingerprint density at radius 2 is 1.75 bits per heavy atom. The highest BCUT2D eigenvalue weighted by molar-refractivity contribution is 6.31. The highest BCUT2D eigenvalue weighted by atomic mass is 35.5. The molecule has 0 unspecified atom stereocenters. The van der Waals surface area contributed by atoms with Crippen LogP contribution in [0.3, 0.4) is 0 Å². The molecule has 3 heteroatoms. The van der Waals surface area contributed by atoms with Crippen LogP contribution in [0, 0.1) is 13.8 Å². The lowest BCUT2D eigenvalue weighted by Crippen LogP contribution is -2.06. The molecule has 2 aromatic carbocycles. The van der Waals surface area contributed by atoms with E-state index in [4.69, 9.17) is 16.3 Å². The van der Waals surface area contributed by atoms with E-state index < -0.39 is 0 Å². The third-order valence-corrected chi connectivity index (χ3v) is 3.74. The largest absolute Gasteiger partial charge is 0.497 e. The summed E-state index contributed by atoms with van der Waals surface area (Å²) in [4.78, 5) is 12.4. The maximum Gasteiger partial charge on any atom is 0.167 e. The van der Waals surface area contributed by atoms with Crippen LogP contribution in [0.4, 0.5) is 0 Å². The minimum atomic E-state index is 0.104. The minimum absolute atomic E-state index is 0.104. The molecular formula is C17H17ClO2. The van der Waals surface area contributed by atoms with Gasteiger partial charge in [0.05, 0.1) is 7.11 Å². The molecule has 0 spiro atoms. The SMILES string of the molecule is COc1ccc(CC(=O)c2cc(C)c(Cl)cc2C)cc1. The van der Waals surface area contributed by atoms with Crippen molar-refractivity contribution in [3.63, 3.8) is 0 Å². The molecule has 0 saturated carbocycles. The van der Waals surface area contributed by atoms with E-state index in [-0.39, 0.29) is 5.78 Å². The van der Waals surface area contributed by atoms with Gasteiger partial charge in [0.15, 0.2) is 5.78 Å². The first kappa shape index (κ1) is 14.6. The number of rotatable bonds is 4. The first-order valence-electron chi connectivity index (χ1n) is 6.44. The first-order chi connectivity index (χ1) is 9.51. The Labute approximate surface area is 124 Å². The van der Waals surface area contributed by atoms with E-state index in [1.165, 1.54) is 0 Å². The number of benzene rings is 2. The third kappa shape index (κ3) is 3.20. The number of ether oxygens (including phenoxy) is 1. The van der Waals surface area contributed by atoms with Gasteiger partial charge in [-0.1, -0.05) is 23.7 Å². The average molecular weight is 289 g/mol. The van der Waals surface area contributed by atoms with Crippen LogP contribution in [0.25, 0.3) is 0 Å². The summed E-state index contributed by atoms with van der Waals surface area (Å²) >= 11 is 6.06. The van der Waals surface area contributed by atoms with Gasteiger partial charge in [-0.15, -0.1) is 0 Å². The van der Waals surface area contributed by atoms with Gasteiger partial charge in [-0.3, -0.25) is 4.79 Å². The van der Waals surface area contributed by atoms with Crippen molar-refractivity contribution in [3.05, 3.63) is 63.7 Å². The van der Waals surface area contributed by atoms with Crippen molar-refractivity contribution < 1.29 is 9.53 Å². The lowest BCUT2D eigenvalue weighted by atomic mass is 9.97. The highest BCUT2D eigenvalue weighted by Crippen LogP contribution is 2.22. The smallest absolute Gasteiger partial charge is 0.167 e. The molecule has 0 aliphatic carbocycles. The van der Waals surface area contributed by atoms with Crippen LogP contribution in [0.1, 0.15) is 27.0 Å². The van der Waals surface area contributed by atoms with Crippen LogP contribution in [0.5, 0.6) is 5.75 Å². The molecular weight excluding hydrogens is 272 g/mol. The van der Waals surface area contributed by atoms with Crippen LogP contribution in [-0.2, 0) is 6.42 Å². The molecule has 0 fully saturated rings. The van der Waals surface area contributed by atoms with Crippen LogP contribution in [0.2, 0.25) is 5.02 Å². The standard InChI is InChI=1S/C17H17ClO2/c1-11-9-16(18)12(2)8-15(11)17(19)10-13-4-6-14(20-3)7-5-13/h4-9H,10H2,1-3H3. The van der Waals surface area contributed by atoms with Crippen LogP contribution < -0.4 is 4.74 Å². The first-order valence-corrected chi connectivity index (χ1v) is 6.82. The molecule has 0 bridgehead atoms. The van der Waals surface area contributed by atoms with Gasteiger partial charge in [0.2, 0.25) is 0 Å². The van der Waals surface area contributed by atoms with Crippen molar-refractivity contribution in [2.24, 2.45) is 0 Å². The fourth-order valence-corrected chi connectivity index (χ4v) is 2.32. The summed E-state index contributed by atoms with van der Waals surface area (Å²) in [7, 11) is 1.63. The van der Waals surface area contributed by atoms with Gasteiger partial charge in [-0.05, 0) is 54.8 Å². The number of aryl methyl sites for hydroxylation is 2. The van der Waals surface area contributed by atoms with Crippen molar-refractivity contribution in [2.75, 3.05) is 7.11 Å². The van der Waals surface area contributed by atoms with Gasteiger partial charge in [0.1, 0.15) is 5.75 Å². The van der Waals surface area contributed by atoms with E-state index in [9.17, 15) is 4.79 Å². The molecule has 2 nitrogen and oxygen atoms in total. The number of Topliss-reactive ketones (excluding diaryl/α,β-unsaturated/α-hetero) is 1. The Kier molecular flexibility index (Phi) is 4.46. The van der Waals surface area contributed by atoms with Crippen molar-refractivity contribution >= 4 is 17.4 Å². The number of carbonyl (C=O) groups excluding carboxylic acids is 1. The van der Waals surface area contributed by atoms with E-state index in [0.29, 0.717) is 11.4 Å². The number of ketones is 1. The predicted octanol–water partition coefficient (Wildman–Crippen LogP) is 4.39. The number of carbonyl (C=O) groups is 1. The molecule has 0 N–H and O–H groups in total. The molecule has 0 aliphatic heterocycles. The van der Waals surface area contributed by atoms with Gasteiger partial charge in [-0.2, -0.15) is 0 Å². The fraction of sp³-hybridized carbons (Fsp3) is 0.235. The molecule has 0 radical (unpaired) electrons. The van der Waals surface area contributed by atoms with Crippen molar-refractivity contribution in [1.82, 2.24) is 0 Å². The molecule has 2 aromatic rings. The second kappa shape index (κ2) is 6.10. The summed E-state index contributed by atoms with van der Waals surface area (Å²) in [5.41, 5.74) is 3.56. The summed E-state index contributed by atoms with van der Waals surface area (Å²) < 4.78 is 5.11.